The predicted octanol–water partition coefficient (Wildman–Crippen LogP) is 3.97. The number of rotatable bonds is 7. The molecule has 3 aromatic rings. The largest absolute Gasteiger partial charge is 0.319 e. The smallest absolute Gasteiger partial charge is 0.133 e. The molecule has 0 spiro atoms. The van der Waals surface area contributed by atoms with Crippen LogP contribution in [0.15, 0.2) is 24.5 Å². The van der Waals surface area contributed by atoms with Gasteiger partial charge in [0.05, 0.1) is 6.20 Å². The van der Waals surface area contributed by atoms with E-state index < -0.39 is 11.6 Å². The molecule has 0 aliphatic heterocycles. The fraction of sp³-hybridized carbons (Fsp3) is 0.333. The minimum atomic E-state index is -0.552. The molecule has 0 amide bonds. The number of aromatic nitrogens is 4. The highest BCUT2D eigenvalue weighted by Crippen LogP contribution is 2.30. The summed E-state index contributed by atoms with van der Waals surface area (Å²) in [7, 11) is 3.64. The predicted molar refractivity (Wildman–Crippen MR) is 108 cm³/mol. The minimum Gasteiger partial charge on any atom is -0.319 e. The molecular weight excluding hydrogens is 360 g/mol. The Morgan fingerprint density at radius 2 is 2.00 bits per heavy atom. The number of aryl methyl sites for hydroxylation is 2. The molecule has 2 aromatic heterocycles. The first-order valence-corrected chi connectivity index (χ1v) is 9.32. The zero-order valence-electron chi connectivity index (χ0n) is 16.6. The molecule has 0 bridgehead atoms. The van der Waals surface area contributed by atoms with Crippen molar-refractivity contribution in [2.24, 2.45) is 7.05 Å². The number of nitrogens with one attached hydrogen (secondary N) is 2. The van der Waals surface area contributed by atoms with Gasteiger partial charge < -0.3 is 5.32 Å². The maximum Gasteiger partial charge on any atom is 0.133 e. The van der Waals surface area contributed by atoms with E-state index in [0.717, 1.165) is 28.9 Å². The molecule has 5 nitrogen and oxygen atoms in total. The third kappa shape index (κ3) is 4.04. The Labute approximate surface area is 163 Å². The van der Waals surface area contributed by atoms with Gasteiger partial charge in [0, 0.05) is 35.6 Å². The van der Waals surface area contributed by atoms with E-state index in [1.54, 1.807) is 23.9 Å². The van der Waals surface area contributed by atoms with Crippen LogP contribution in [0.3, 0.4) is 0 Å². The summed E-state index contributed by atoms with van der Waals surface area (Å²) in [6, 6.07) is 2.82. The summed E-state index contributed by atoms with van der Waals surface area (Å²) in [5.41, 5.74) is 4.44. The molecule has 1 aromatic carbocycles. The second kappa shape index (κ2) is 8.48. The number of halogens is 2. The van der Waals surface area contributed by atoms with Crippen LogP contribution in [0, 0.1) is 11.6 Å². The first-order chi connectivity index (χ1) is 13.4. The van der Waals surface area contributed by atoms with E-state index in [9.17, 15) is 8.78 Å². The second-order valence-electron chi connectivity index (χ2n) is 6.84. The quantitative estimate of drug-likeness (QED) is 0.647. The van der Waals surface area contributed by atoms with E-state index in [4.69, 9.17) is 0 Å². The lowest BCUT2D eigenvalue weighted by molar-refractivity contribution is 0.572. The monoisotopic (exact) mass is 385 g/mol. The summed E-state index contributed by atoms with van der Waals surface area (Å²) in [6.45, 7) is 4.38. The van der Waals surface area contributed by atoms with Gasteiger partial charge in [-0.2, -0.15) is 10.2 Å². The lowest BCUT2D eigenvalue weighted by atomic mass is 9.98. The number of hydrogen-bond donors (Lipinski definition) is 2. The third-order valence-corrected chi connectivity index (χ3v) is 4.74. The zero-order chi connectivity index (χ0) is 20.3. The Bertz CT molecular complexity index is 977. The zero-order valence-corrected chi connectivity index (χ0v) is 16.6. The van der Waals surface area contributed by atoms with Gasteiger partial charge in [-0.25, -0.2) is 8.78 Å². The van der Waals surface area contributed by atoms with E-state index in [2.05, 4.69) is 20.6 Å². The van der Waals surface area contributed by atoms with Gasteiger partial charge in [0.1, 0.15) is 17.3 Å². The summed E-state index contributed by atoms with van der Waals surface area (Å²) in [5.74, 6) is -1.10. The maximum absolute atomic E-state index is 14.7. The van der Waals surface area contributed by atoms with Crippen molar-refractivity contribution in [3.8, 4) is 11.3 Å². The first kappa shape index (κ1) is 19.9. The van der Waals surface area contributed by atoms with E-state index in [1.165, 1.54) is 12.1 Å². The van der Waals surface area contributed by atoms with E-state index in [1.807, 2.05) is 27.2 Å². The van der Waals surface area contributed by atoms with Crippen molar-refractivity contribution >= 4 is 11.6 Å². The SMILES string of the molecule is CCc1[nH]nc(-c2cnn(C)c2)c1/C=C(\C)c1c(F)cc(CCNC)cc1F. The number of likely N-dealkylation sites (N-methyl/N-ethyl adjacent to an activating group) is 1. The van der Waals surface area contributed by atoms with Crippen molar-refractivity contribution in [2.45, 2.75) is 26.7 Å². The summed E-state index contributed by atoms with van der Waals surface area (Å²) < 4.78 is 31.1. The fourth-order valence-corrected chi connectivity index (χ4v) is 3.28. The molecule has 0 saturated carbocycles. The van der Waals surface area contributed by atoms with Crippen LogP contribution < -0.4 is 5.32 Å². The van der Waals surface area contributed by atoms with Crippen LogP contribution in [0.5, 0.6) is 0 Å². The molecule has 28 heavy (non-hydrogen) atoms. The summed E-state index contributed by atoms with van der Waals surface area (Å²) in [5, 5.41) is 14.6. The maximum atomic E-state index is 14.7. The Hall–Kier alpha value is -2.80. The Kier molecular flexibility index (Phi) is 6.04. The third-order valence-electron chi connectivity index (χ3n) is 4.74. The standard InChI is InChI=1S/C21H25F2N5/c1-5-19-16(21(27-26-19)15-11-25-28(4)12-15)8-13(2)20-17(22)9-14(6-7-24-3)10-18(20)23/h8-12,24H,5-7H2,1-4H3,(H,26,27)/b13-8+. The fourth-order valence-electron chi connectivity index (χ4n) is 3.28. The van der Waals surface area contributed by atoms with Gasteiger partial charge in [-0.3, -0.25) is 9.78 Å². The number of hydrogen-bond acceptors (Lipinski definition) is 3. The number of aromatic amines is 1. The molecule has 0 radical (unpaired) electrons. The van der Waals surface area contributed by atoms with Crippen LogP contribution in [-0.2, 0) is 19.9 Å². The van der Waals surface area contributed by atoms with Gasteiger partial charge in [0.15, 0.2) is 0 Å². The van der Waals surface area contributed by atoms with Crippen LogP contribution in [0.1, 0.15) is 36.2 Å². The Balaban J connectivity index is 2.04. The molecule has 2 N–H and O–H groups in total. The minimum absolute atomic E-state index is 0.00593. The van der Waals surface area contributed by atoms with E-state index in [-0.39, 0.29) is 5.56 Å². The van der Waals surface area contributed by atoms with E-state index >= 15 is 0 Å². The molecular formula is C21H25F2N5. The molecule has 148 valence electrons. The van der Waals surface area contributed by atoms with Crippen molar-refractivity contribution in [3.63, 3.8) is 0 Å². The molecule has 0 fully saturated rings. The molecule has 0 atom stereocenters. The molecule has 0 saturated heterocycles. The highest BCUT2D eigenvalue weighted by Gasteiger charge is 2.17. The first-order valence-electron chi connectivity index (χ1n) is 9.32. The highest BCUT2D eigenvalue weighted by molar-refractivity contribution is 5.86. The topological polar surface area (TPSA) is 58.5 Å². The van der Waals surface area contributed by atoms with Gasteiger partial charge in [-0.1, -0.05) is 6.92 Å². The van der Waals surface area contributed by atoms with Crippen molar-refractivity contribution < 1.29 is 8.78 Å². The Morgan fingerprint density at radius 1 is 1.29 bits per heavy atom. The molecule has 3 rings (SSSR count). The summed E-state index contributed by atoms with van der Waals surface area (Å²) in [4.78, 5) is 0. The van der Waals surface area contributed by atoms with Crippen LogP contribution in [0.25, 0.3) is 22.9 Å². The molecule has 2 heterocycles. The van der Waals surface area contributed by atoms with Crippen LogP contribution in [0.4, 0.5) is 8.78 Å². The van der Waals surface area contributed by atoms with Gasteiger partial charge in [-0.05, 0) is 62.7 Å². The number of nitrogens with zero attached hydrogens (tertiary/aromatic N) is 3. The highest BCUT2D eigenvalue weighted by atomic mass is 19.1. The lowest BCUT2D eigenvalue weighted by Gasteiger charge is -2.09. The van der Waals surface area contributed by atoms with Crippen LogP contribution in [0.2, 0.25) is 0 Å². The van der Waals surface area contributed by atoms with Crippen molar-refractivity contribution in [3.05, 3.63) is 58.5 Å². The average molecular weight is 385 g/mol. The molecule has 0 aliphatic rings. The number of benzene rings is 1. The number of H-pyrrole nitrogens is 1. The Morgan fingerprint density at radius 3 is 2.57 bits per heavy atom. The van der Waals surface area contributed by atoms with Crippen molar-refractivity contribution in [1.82, 2.24) is 25.3 Å². The van der Waals surface area contributed by atoms with Crippen LogP contribution >= 0.6 is 0 Å². The van der Waals surface area contributed by atoms with Gasteiger partial charge in [0.25, 0.3) is 0 Å². The molecule has 7 heteroatoms. The molecule has 0 aliphatic carbocycles. The summed E-state index contributed by atoms with van der Waals surface area (Å²) in [6.07, 6.45) is 6.67. The van der Waals surface area contributed by atoms with E-state index in [0.29, 0.717) is 24.1 Å². The van der Waals surface area contributed by atoms with Gasteiger partial charge in [-0.15, -0.1) is 0 Å². The van der Waals surface area contributed by atoms with Crippen molar-refractivity contribution in [2.75, 3.05) is 13.6 Å². The van der Waals surface area contributed by atoms with Gasteiger partial charge >= 0.3 is 0 Å². The van der Waals surface area contributed by atoms with Crippen LogP contribution in [-0.4, -0.2) is 33.6 Å². The van der Waals surface area contributed by atoms with Crippen molar-refractivity contribution in [1.29, 1.82) is 0 Å². The number of allylic oxidation sites excluding steroid dienone is 1. The second-order valence-corrected chi connectivity index (χ2v) is 6.84. The normalized spacial score (nSPS) is 12.0. The average Bonchev–Trinajstić information content (AvgIpc) is 3.25. The lowest BCUT2D eigenvalue weighted by Crippen LogP contribution is -2.11. The van der Waals surface area contributed by atoms with Gasteiger partial charge in [0.2, 0.25) is 0 Å². The molecule has 0 unspecified atom stereocenters. The summed E-state index contributed by atoms with van der Waals surface area (Å²) >= 11 is 0.